The van der Waals surface area contributed by atoms with Crippen molar-refractivity contribution in [3.8, 4) is 0 Å². The number of hydrogen-bond donors (Lipinski definition) is 3. The predicted molar refractivity (Wildman–Crippen MR) is 169 cm³/mol. The van der Waals surface area contributed by atoms with Gasteiger partial charge in [0.05, 0.1) is 5.52 Å². The van der Waals surface area contributed by atoms with Crippen LogP contribution in [0.5, 0.6) is 0 Å². The van der Waals surface area contributed by atoms with Crippen LogP contribution in [0.25, 0.3) is 21.9 Å². The molecule has 5 amide bonds. The molecule has 0 saturated carbocycles. The fourth-order valence-corrected chi connectivity index (χ4v) is 6.27. The molecule has 11 nitrogen and oxygen atoms in total. The van der Waals surface area contributed by atoms with Gasteiger partial charge >= 0.3 is 0 Å². The van der Waals surface area contributed by atoms with Crippen LogP contribution in [0.1, 0.15) is 50.2 Å². The highest BCUT2D eigenvalue weighted by atomic mass is 19.1. The molecule has 12 heteroatoms. The SMILES string of the molecule is O=C(Cn1c2ccccc2c2cccnc21)NCc1ccc(CNC(=O)c2ccc3c(c2)CN(C2CCC(=O)NC2=O)C3=O)c(F)c1. The van der Waals surface area contributed by atoms with Crippen LogP contribution in [0.4, 0.5) is 4.39 Å². The number of para-hydroxylation sites is 1. The number of hydrogen-bond acceptors (Lipinski definition) is 6. The van der Waals surface area contributed by atoms with Crippen LogP contribution in [0, 0.1) is 5.82 Å². The van der Waals surface area contributed by atoms with E-state index in [1.807, 2.05) is 41.0 Å². The Bertz CT molecular complexity index is 2070. The smallest absolute Gasteiger partial charge is 0.255 e. The third-order valence-electron chi connectivity index (χ3n) is 8.66. The molecule has 7 rings (SSSR count). The number of carbonyl (C=O) groups is 5. The van der Waals surface area contributed by atoms with Crippen LogP contribution >= 0.6 is 0 Å². The number of pyridine rings is 1. The fourth-order valence-electron chi connectivity index (χ4n) is 6.27. The summed E-state index contributed by atoms with van der Waals surface area (Å²) >= 11 is 0. The zero-order valence-electron chi connectivity index (χ0n) is 25.1. The first kappa shape index (κ1) is 29.8. The second kappa shape index (κ2) is 12.1. The largest absolute Gasteiger partial charge is 0.350 e. The number of benzene rings is 3. The van der Waals surface area contributed by atoms with E-state index in [-0.39, 0.29) is 62.3 Å². The van der Waals surface area contributed by atoms with Crippen LogP contribution in [0.15, 0.2) is 79.0 Å². The molecule has 5 aromatic rings. The molecule has 47 heavy (non-hydrogen) atoms. The summed E-state index contributed by atoms with van der Waals surface area (Å²) in [6, 6.07) is 20.1. The number of nitrogens with zero attached hydrogens (tertiary/aromatic N) is 3. The maximum atomic E-state index is 15.0. The van der Waals surface area contributed by atoms with Crippen molar-refractivity contribution in [1.29, 1.82) is 0 Å². The Hall–Kier alpha value is -5.91. The second-order valence-electron chi connectivity index (χ2n) is 11.6. The normalized spacial score (nSPS) is 16.0. The fraction of sp³-hybridized carbons (Fsp3) is 0.200. The molecule has 3 aromatic carbocycles. The second-order valence-corrected chi connectivity index (χ2v) is 11.6. The van der Waals surface area contributed by atoms with Crippen molar-refractivity contribution in [3.63, 3.8) is 0 Å². The first-order valence-electron chi connectivity index (χ1n) is 15.2. The summed E-state index contributed by atoms with van der Waals surface area (Å²) in [6.07, 6.45) is 2.09. The minimum absolute atomic E-state index is 0.0550. The average molecular weight is 633 g/mol. The minimum atomic E-state index is -0.749. The lowest BCUT2D eigenvalue weighted by molar-refractivity contribution is -0.137. The Morgan fingerprint density at radius 1 is 0.936 bits per heavy atom. The molecule has 4 heterocycles. The van der Waals surface area contributed by atoms with Crippen molar-refractivity contribution in [3.05, 3.63) is 113 Å². The van der Waals surface area contributed by atoms with Crippen molar-refractivity contribution >= 4 is 51.5 Å². The molecule has 0 bridgehead atoms. The third kappa shape index (κ3) is 5.69. The molecule has 1 atom stereocenters. The number of piperidine rings is 1. The lowest BCUT2D eigenvalue weighted by Crippen LogP contribution is -2.52. The quantitative estimate of drug-likeness (QED) is 0.224. The predicted octanol–water partition coefficient (Wildman–Crippen LogP) is 3.34. The van der Waals surface area contributed by atoms with E-state index in [4.69, 9.17) is 0 Å². The number of halogens is 1. The van der Waals surface area contributed by atoms with Crippen LogP contribution < -0.4 is 16.0 Å². The van der Waals surface area contributed by atoms with E-state index in [1.165, 1.54) is 17.0 Å². The number of amides is 5. The van der Waals surface area contributed by atoms with Gasteiger partial charge in [0, 0.05) is 59.7 Å². The summed E-state index contributed by atoms with van der Waals surface area (Å²) in [4.78, 5) is 68.4. The van der Waals surface area contributed by atoms with Gasteiger partial charge in [-0.1, -0.05) is 30.3 Å². The van der Waals surface area contributed by atoms with Crippen LogP contribution in [0.3, 0.4) is 0 Å². The molecule has 2 aliphatic rings. The first-order chi connectivity index (χ1) is 22.8. The molecule has 2 aromatic heterocycles. The van der Waals surface area contributed by atoms with E-state index in [2.05, 4.69) is 20.9 Å². The van der Waals surface area contributed by atoms with E-state index in [0.717, 1.165) is 16.3 Å². The van der Waals surface area contributed by atoms with Gasteiger partial charge in [0.2, 0.25) is 17.7 Å². The third-order valence-corrected chi connectivity index (χ3v) is 8.66. The topological polar surface area (TPSA) is 142 Å². The molecule has 1 unspecified atom stereocenters. The average Bonchev–Trinajstić information content (AvgIpc) is 3.57. The summed E-state index contributed by atoms with van der Waals surface area (Å²) in [7, 11) is 0. The monoisotopic (exact) mass is 632 g/mol. The highest BCUT2D eigenvalue weighted by Gasteiger charge is 2.39. The Labute approximate surface area is 267 Å². The molecule has 2 aliphatic heterocycles. The van der Waals surface area contributed by atoms with Gasteiger partial charge in [0.15, 0.2) is 0 Å². The van der Waals surface area contributed by atoms with Gasteiger partial charge in [-0.2, -0.15) is 0 Å². The summed E-state index contributed by atoms with van der Waals surface area (Å²) in [5, 5.41) is 9.80. The zero-order valence-corrected chi connectivity index (χ0v) is 25.1. The Balaban J connectivity index is 0.949. The minimum Gasteiger partial charge on any atom is -0.350 e. The van der Waals surface area contributed by atoms with E-state index in [0.29, 0.717) is 27.9 Å². The maximum Gasteiger partial charge on any atom is 0.255 e. The number of rotatable bonds is 8. The summed E-state index contributed by atoms with van der Waals surface area (Å²) in [5.74, 6) is -2.42. The Morgan fingerprint density at radius 3 is 2.60 bits per heavy atom. The number of fused-ring (bicyclic) bond motifs is 4. The van der Waals surface area contributed by atoms with Gasteiger partial charge in [-0.05, 0) is 60.0 Å². The van der Waals surface area contributed by atoms with Crippen molar-refractivity contribution < 1.29 is 28.4 Å². The molecule has 0 aliphatic carbocycles. The zero-order chi connectivity index (χ0) is 32.7. The first-order valence-corrected chi connectivity index (χ1v) is 15.2. The van der Waals surface area contributed by atoms with E-state index < -0.39 is 23.7 Å². The van der Waals surface area contributed by atoms with E-state index in [9.17, 15) is 24.0 Å². The van der Waals surface area contributed by atoms with Gasteiger partial charge in [0.1, 0.15) is 24.1 Å². The number of imide groups is 1. The van der Waals surface area contributed by atoms with E-state index >= 15 is 4.39 Å². The summed E-state index contributed by atoms with van der Waals surface area (Å²) < 4.78 is 16.9. The number of nitrogens with one attached hydrogen (secondary N) is 3. The van der Waals surface area contributed by atoms with Crippen LogP contribution in [-0.4, -0.2) is 50.0 Å². The molecular weight excluding hydrogens is 603 g/mol. The van der Waals surface area contributed by atoms with Gasteiger partial charge in [-0.15, -0.1) is 0 Å². The number of carbonyl (C=O) groups excluding carboxylic acids is 5. The molecule has 0 radical (unpaired) electrons. The van der Waals surface area contributed by atoms with Crippen LogP contribution in [0.2, 0.25) is 0 Å². The molecular formula is C35H29FN6O5. The van der Waals surface area contributed by atoms with Gasteiger partial charge in [-0.25, -0.2) is 9.37 Å². The molecule has 236 valence electrons. The molecule has 3 N–H and O–H groups in total. The van der Waals surface area contributed by atoms with Crippen molar-refractivity contribution in [2.45, 2.75) is 45.1 Å². The van der Waals surface area contributed by atoms with Gasteiger partial charge < -0.3 is 20.1 Å². The summed E-state index contributed by atoms with van der Waals surface area (Å²) in [6.45, 7) is 0.246. The highest BCUT2D eigenvalue weighted by Crippen LogP contribution is 2.29. The number of aromatic nitrogens is 2. The van der Waals surface area contributed by atoms with Crippen molar-refractivity contribution in [1.82, 2.24) is 30.4 Å². The van der Waals surface area contributed by atoms with Crippen LogP contribution in [-0.2, 0) is 40.6 Å². The lowest BCUT2D eigenvalue weighted by atomic mass is 10.0. The standard InChI is InChI=1S/C35H29FN6O5/c36-27-14-20(16-38-31(44)19-41-28-6-2-1-4-25(28)26-5-3-13-37-32(26)41)7-8-22(27)17-39-33(45)21-9-10-24-23(15-21)18-42(35(24)47)29-11-12-30(43)40-34(29)46/h1-10,13-15,29H,11-12,16-19H2,(H,38,44)(H,39,45)(H,40,43,46). The van der Waals surface area contributed by atoms with Gasteiger partial charge in [0.25, 0.3) is 11.8 Å². The Kier molecular flexibility index (Phi) is 7.68. The molecule has 0 spiro atoms. The van der Waals surface area contributed by atoms with Crippen molar-refractivity contribution in [2.24, 2.45) is 0 Å². The van der Waals surface area contributed by atoms with E-state index in [1.54, 1.807) is 30.5 Å². The molecule has 1 fully saturated rings. The van der Waals surface area contributed by atoms with Gasteiger partial charge in [-0.3, -0.25) is 29.3 Å². The lowest BCUT2D eigenvalue weighted by Gasteiger charge is -2.29. The molecule has 1 saturated heterocycles. The summed E-state index contributed by atoms with van der Waals surface area (Å²) in [5.41, 5.74) is 3.73. The Morgan fingerprint density at radius 2 is 1.77 bits per heavy atom. The highest BCUT2D eigenvalue weighted by molar-refractivity contribution is 6.07. The maximum absolute atomic E-state index is 15.0. The van der Waals surface area contributed by atoms with Crippen molar-refractivity contribution in [2.75, 3.05) is 0 Å².